The number of methoxy groups -OCH3 is 2. The molecule has 3 aromatic carbocycles. The summed E-state index contributed by atoms with van der Waals surface area (Å²) in [6, 6.07) is 17.8. The fourth-order valence-corrected chi connectivity index (χ4v) is 5.04. The third-order valence-electron chi connectivity index (χ3n) is 6.35. The minimum Gasteiger partial charge on any atom is -0.493 e. The van der Waals surface area contributed by atoms with E-state index < -0.39 is 10.0 Å². The van der Waals surface area contributed by atoms with Crippen LogP contribution in [0.4, 0.5) is 4.79 Å². The Bertz CT molecular complexity index is 1430. The summed E-state index contributed by atoms with van der Waals surface area (Å²) >= 11 is 0. The van der Waals surface area contributed by atoms with Crippen molar-refractivity contribution in [1.29, 1.82) is 0 Å². The number of hydrazone groups is 1. The first-order valence-electron chi connectivity index (χ1n) is 11.7. The van der Waals surface area contributed by atoms with Crippen molar-refractivity contribution in [3.8, 4) is 22.6 Å². The maximum atomic E-state index is 12.7. The molecule has 1 unspecified atom stereocenters. The molecule has 4 rings (SSSR count). The number of benzene rings is 3. The number of carbonyl (C=O) groups is 1. The van der Waals surface area contributed by atoms with Crippen molar-refractivity contribution >= 4 is 21.8 Å². The van der Waals surface area contributed by atoms with Gasteiger partial charge in [0.2, 0.25) is 10.0 Å². The molecular formula is C27H30N4O5S. The third-order valence-corrected chi connectivity index (χ3v) is 7.78. The van der Waals surface area contributed by atoms with E-state index in [0.29, 0.717) is 23.6 Å². The van der Waals surface area contributed by atoms with Gasteiger partial charge in [0.1, 0.15) is 0 Å². The first kappa shape index (κ1) is 26.2. The zero-order valence-corrected chi connectivity index (χ0v) is 22.2. The van der Waals surface area contributed by atoms with Gasteiger partial charge in [0.25, 0.3) is 0 Å². The van der Waals surface area contributed by atoms with Gasteiger partial charge >= 0.3 is 6.03 Å². The van der Waals surface area contributed by atoms with Crippen molar-refractivity contribution in [1.82, 2.24) is 15.0 Å². The maximum Gasteiger partial charge on any atom is 0.337 e. The second-order valence-corrected chi connectivity index (χ2v) is 10.5. The average Bonchev–Trinajstić information content (AvgIpc) is 3.07. The third kappa shape index (κ3) is 5.16. The van der Waals surface area contributed by atoms with Crippen molar-refractivity contribution in [3.63, 3.8) is 0 Å². The molecule has 1 aliphatic heterocycles. The minimum atomic E-state index is -3.50. The van der Waals surface area contributed by atoms with Gasteiger partial charge in [-0.15, -0.1) is 0 Å². The van der Waals surface area contributed by atoms with Gasteiger partial charge in [-0.1, -0.05) is 36.4 Å². The molecule has 2 amide bonds. The number of rotatable bonds is 6. The number of amides is 2. The minimum absolute atomic E-state index is 0.194. The molecule has 0 saturated carbocycles. The van der Waals surface area contributed by atoms with Crippen LogP contribution in [0.5, 0.6) is 11.5 Å². The standard InChI is InChI=1S/C27H30N4O5S/c1-17-14-21-15-24(35-4)25(36-5)16-23(21)26(30-31(17)27(32)28-2)20-8-6-18(7-9-20)19-10-12-22(13-11-19)37(33,34)29-3/h6-13,15-17,29H,14H2,1-5H3,(H,28,32). The van der Waals surface area contributed by atoms with E-state index in [4.69, 9.17) is 14.6 Å². The van der Waals surface area contributed by atoms with Crippen LogP contribution in [-0.4, -0.2) is 59.5 Å². The van der Waals surface area contributed by atoms with E-state index in [1.165, 1.54) is 12.1 Å². The summed E-state index contributed by atoms with van der Waals surface area (Å²) in [7, 11) is 2.64. The van der Waals surface area contributed by atoms with Crippen LogP contribution in [0.1, 0.15) is 23.6 Å². The number of urea groups is 1. The molecule has 0 fully saturated rings. The molecule has 9 nitrogen and oxygen atoms in total. The van der Waals surface area contributed by atoms with Gasteiger partial charge in [-0.05, 0) is 61.3 Å². The fraction of sp³-hybridized carbons (Fsp3) is 0.259. The number of hydrogen-bond acceptors (Lipinski definition) is 6. The van der Waals surface area contributed by atoms with Crippen LogP contribution >= 0.6 is 0 Å². The molecule has 1 aliphatic rings. The van der Waals surface area contributed by atoms with E-state index in [-0.39, 0.29) is 17.0 Å². The number of fused-ring (bicyclic) bond motifs is 1. The Kier molecular flexibility index (Phi) is 7.51. The van der Waals surface area contributed by atoms with Crippen LogP contribution < -0.4 is 19.5 Å². The Hall–Kier alpha value is -3.89. The lowest BCUT2D eigenvalue weighted by atomic mass is 9.93. The zero-order valence-electron chi connectivity index (χ0n) is 21.4. The Balaban J connectivity index is 1.78. The highest BCUT2D eigenvalue weighted by Crippen LogP contribution is 2.35. The Morgan fingerprint density at radius 1 is 0.919 bits per heavy atom. The number of carbonyl (C=O) groups excluding carboxylic acids is 1. The number of nitrogens with zero attached hydrogens (tertiary/aromatic N) is 2. The molecule has 10 heteroatoms. The van der Waals surface area contributed by atoms with E-state index in [0.717, 1.165) is 27.8 Å². The molecule has 0 aliphatic carbocycles. The summed E-state index contributed by atoms with van der Waals surface area (Å²) in [6.07, 6.45) is 0.579. The van der Waals surface area contributed by atoms with Crippen LogP contribution in [0.2, 0.25) is 0 Å². The second-order valence-electron chi connectivity index (χ2n) is 8.58. The number of ether oxygens (including phenoxy) is 2. The highest BCUT2D eigenvalue weighted by molar-refractivity contribution is 7.89. The molecule has 1 heterocycles. The van der Waals surface area contributed by atoms with Crippen LogP contribution in [0.15, 0.2) is 70.7 Å². The van der Waals surface area contributed by atoms with Crippen LogP contribution in [0, 0.1) is 0 Å². The van der Waals surface area contributed by atoms with Crippen molar-refractivity contribution < 1.29 is 22.7 Å². The summed E-state index contributed by atoms with van der Waals surface area (Å²) < 4.78 is 37.4. The summed E-state index contributed by atoms with van der Waals surface area (Å²) in [5, 5.41) is 8.92. The second kappa shape index (κ2) is 10.6. The van der Waals surface area contributed by atoms with Crippen molar-refractivity contribution in [2.45, 2.75) is 24.3 Å². The number of hydrogen-bond donors (Lipinski definition) is 2. The summed E-state index contributed by atoms with van der Waals surface area (Å²) in [5.74, 6) is 1.18. The average molecular weight is 523 g/mol. The normalized spacial score (nSPS) is 15.3. The van der Waals surface area contributed by atoms with Crippen molar-refractivity contribution in [2.24, 2.45) is 5.10 Å². The summed E-state index contributed by atoms with van der Waals surface area (Å²) in [4.78, 5) is 12.9. The molecule has 0 saturated heterocycles. The monoisotopic (exact) mass is 522 g/mol. The van der Waals surface area contributed by atoms with E-state index in [2.05, 4.69) is 10.0 Å². The van der Waals surface area contributed by atoms with Gasteiger partial charge < -0.3 is 14.8 Å². The molecule has 0 radical (unpaired) electrons. The van der Waals surface area contributed by atoms with Crippen molar-refractivity contribution in [2.75, 3.05) is 28.3 Å². The van der Waals surface area contributed by atoms with Gasteiger partial charge in [0.15, 0.2) is 11.5 Å². The molecule has 0 aromatic heterocycles. The van der Waals surface area contributed by atoms with E-state index in [1.54, 1.807) is 45.5 Å². The van der Waals surface area contributed by atoms with Crippen molar-refractivity contribution in [3.05, 3.63) is 77.4 Å². The van der Waals surface area contributed by atoms with Crippen LogP contribution in [-0.2, 0) is 16.4 Å². The lowest BCUT2D eigenvalue weighted by Gasteiger charge is -2.22. The number of sulfonamides is 1. The first-order chi connectivity index (χ1) is 17.7. The predicted molar refractivity (Wildman–Crippen MR) is 143 cm³/mol. The topological polar surface area (TPSA) is 109 Å². The largest absolute Gasteiger partial charge is 0.493 e. The lowest BCUT2D eigenvalue weighted by molar-refractivity contribution is 0.184. The van der Waals surface area contributed by atoms with E-state index in [1.807, 2.05) is 43.3 Å². The molecular weight excluding hydrogens is 492 g/mol. The maximum absolute atomic E-state index is 12.7. The van der Waals surface area contributed by atoms with Crippen LogP contribution in [0.25, 0.3) is 11.1 Å². The SMILES string of the molecule is CNC(=O)N1N=C(c2ccc(-c3ccc(S(=O)(=O)NC)cc3)cc2)c2cc(OC)c(OC)cc2CC1C. The van der Waals surface area contributed by atoms with Gasteiger partial charge in [0.05, 0.1) is 30.9 Å². The Labute approximate surface area is 217 Å². The summed E-state index contributed by atoms with van der Waals surface area (Å²) in [6.45, 7) is 1.95. The Morgan fingerprint density at radius 2 is 1.46 bits per heavy atom. The molecule has 37 heavy (non-hydrogen) atoms. The molecule has 0 spiro atoms. The molecule has 1 atom stereocenters. The van der Waals surface area contributed by atoms with Gasteiger partial charge in [-0.2, -0.15) is 5.10 Å². The molecule has 0 bridgehead atoms. The highest BCUT2D eigenvalue weighted by atomic mass is 32.2. The lowest BCUT2D eigenvalue weighted by Crippen LogP contribution is -2.41. The zero-order chi connectivity index (χ0) is 26.7. The number of nitrogens with one attached hydrogen (secondary N) is 2. The van der Waals surface area contributed by atoms with Gasteiger partial charge in [-0.3, -0.25) is 0 Å². The fourth-order valence-electron chi connectivity index (χ4n) is 4.31. The predicted octanol–water partition coefficient (Wildman–Crippen LogP) is 3.62. The quantitative estimate of drug-likeness (QED) is 0.514. The first-order valence-corrected chi connectivity index (χ1v) is 13.2. The molecule has 3 aromatic rings. The highest BCUT2D eigenvalue weighted by Gasteiger charge is 2.28. The molecule has 194 valence electrons. The summed E-state index contributed by atoms with van der Waals surface area (Å²) in [5.41, 5.74) is 5.07. The van der Waals surface area contributed by atoms with Gasteiger partial charge in [0, 0.05) is 18.2 Å². The van der Waals surface area contributed by atoms with Gasteiger partial charge in [-0.25, -0.2) is 22.9 Å². The van der Waals surface area contributed by atoms with E-state index in [9.17, 15) is 13.2 Å². The smallest absolute Gasteiger partial charge is 0.337 e. The Morgan fingerprint density at radius 3 is 2.00 bits per heavy atom. The van der Waals surface area contributed by atoms with E-state index >= 15 is 0 Å². The molecule has 2 N–H and O–H groups in total. The van der Waals surface area contributed by atoms with Crippen LogP contribution in [0.3, 0.4) is 0 Å².